The van der Waals surface area contributed by atoms with E-state index in [-0.39, 0.29) is 58.5 Å². The fraction of sp³-hybridized carbons (Fsp3) is 0.333. The van der Waals surface area contributed by atoms with Crippen molar-refractivity contribution in [3.05, 3.63) is 137 Å². The van der Waals surface area contributed by atoms with Crippen molar-refractivity contribution in [2.24, 2.45) is 5.92 Å². The van der Waals surface area contributed by atoms with Crippen LogP contribution in [0.3, 0.4) is 0 Å². The van der Waals surface area contributed by atoms with Gasteiger partial charge in [0.15, 0.2) is 21.4 Å². The van der Waals surface area contributed by atoms with E-state index in [2.05, 4.69) is 41.1 Å². The van der Waals surface area contributed by atoms with Gasteiger partial charge in [0.25, 0.3) is 0 Å². The third-order valence-corrected chi connectivity index (χ3v) is 17.3. The predicted molar refractivity (Wildman–Crippen MR) is 299 cm³/mol. The number of alkyl carbamates (subject to hydrolysis) is 1. The number of nitrogens with two attached hydrogens (primary N) is 1. The first-order chi connectivity index (χ1) is 38.9. The molecule has 2 aliphatic carbocycles. The lowest BCUT2D eigenvalue weighted by molar-refractivity contribution is -0.172. The van der Waals surface area contributed by atoms with Crippen molar-refractivity contribution >= 4 is 84.2 Å². The van der Waals surface area contributed by atoms with Crippen molar-refractivity contribution in [2.75, 3.05) is 43.6 Å². The third-order valence-electron chi connectivity index (χ3n) is 14.4. The molecule has 1 aliphatic heterocycles. The van der Waals surface area contributed by atoms with Crippen molar-refractivity contribution in [3.63, 3.8) is 0 Å². The van der Waals surface area contributed by atoms with Gasteiger partial charge in [-0.3, -0.25) is 33.6 Å². The summed E-state index contributed by atoms with van der Waals surface area (Å²) in [4.78, 5) is 113. The normalized spacial score (nSPS) is 16.1. The number of carbonyl (C=O) groups excluding carboxylic acids is 8. The smallest absolute Gasteiger partial charge is 0.407 e. The quantitative estimate of drug-likeness (QED) is 0.0304. The van der Waals surface area contributed by atoms with Crippen LogP contribution in [0, 0.1) is 5.92 Å². The Bertz CT molecular complexity index is 3580. The molecule has 0 radical (unpaired) electrons. The third kappa shape index (κ3) is 12.5. The standard InChI is InChI=1S/C57H62N8O15S2/c1-30(2)49(55(71)59-24-26-81(74,75)35-16-13-15-34(27-35)63-43-28-45(82(76,77)80-78-6)48(58)47-46(43)50(66)40-21-11-12-22-41(40)51(47)67)64-54(70)44-23-14-25-65(44)56(72)33(5)61-52(68)31(3)60-53(69)32(4)62-57(73)79-29-42-38-19-9-7-17-36(38)37-18-8-10-20-39(37)42/h7-13,15-22,27-28,30-33,42,44,49,63H,14,23-26,29,58H2,1-6H3,(H,59,71)(H,60,69)(H,61,68)(H,62,73)(H,64,70). The number of nitrogens with one attached hydrogen (secondary N) is 6. The SMILES string of the molecule is COOS(=O)(=O)c1cc(Nc2cccc(S(=O)(=O)CCNC(=O)C(NC(=O)C3CCCN3C(=O)C(C)NC(=O)C(C)NC(=O)C(C)NC(=O)OCC3c4ccccc4-c4ccccc43)C(C)C)c2)c2c(c1N)C(=O)c1ccccc1C2=O. The number of nitrogens with zero attached hydrogens (tertiary/aromatic N) is 1. The molecular weight excluding hydrogens is 1100 g/mol. The summed E-state index contributed by atoms with van der Waals surface area (Å²) in [5, 5.41) is 15.7. The van der Waals surface area contributed by atoms with Gasteiger partial charge in [-0.2, -0.15) is 8.42 Å². The number of amides is 6. The van der Waals surface area contributed by atoms with Crippen LogP contribution >= 0.6 is 0 Å². The number of fused-ring (bicyclic) bond motifs is 5. The predicted octanol–water partition coefficient (Wildman–Crippen LogP) is 4.01. The Kier molecular flexibility index (Phi) is 17.9. The number of likely N-dealkylation sites (tertiary alicyclic amines) is 1. The molecule has 8 rings (SSSR count). The highest BCUT2D eigenvalue weighted by molar-refractivity contribution is 7.91. The van der Waals surface area contributed by atoms with Gasteiger partial charge in [-0.15, -0.1) is 4.33 Å². The number of ketones is 2. The van der Waals surface area contributed by atoms with Gasteiger partial charge in [-0.05, 0) is 86.1 Å². The maximum Gasteiger partial charge on any atom is 0.407 e. The molecule has 1 heterocycles. The topological polar surface area (TPSA) is 334 Å². The van der Waals surface area contributed by atoms with Gasteiger partial charge in [0.2, 0.25) is 29.5 Å². The van der Waals surface area contributed by atoms with Crippen LogP contribution < -0.4 is 37.6 Å². The van der Waals surface area contributed by atoms with Gasteiger partial charge in [0.05, 0.1) is 40.3 Å². The lowest BCUT2D eigenvalue weighted by atomic mass is 9.82. The van der Waals surface area contributed by atoms with E-state index in [1.807, 2.05) is 48.5 Å². The van der Waals surface area contributed by atoms with E-state index in [4.69, 9.17) is 10.5 Å². The summed E-state index contributed by atoms with van der Waals surface area (Å²) in [7, 11) is -8.00. The number of hydrogen-bond acceptors (Lipinski definition) is 17. The zero-order valence-electron chi connectivity index (χ0n) is 45.6. The second-order valence-corrected chi connectivity index (χ2v) is 23.9. The minimum Gasteiger partial charge on any atom is -0.449 e. The molecule has 3 aliphatic rings. The summed E-state index contributed by atoms with van der Waals surface area (Å²) in [5.74, 6) is -6.08. The fourth-order valence-electron chi connectivity index (χ4n) is 10.2. The second kappa shape index (κ2) is 24.7. The van der Waals surface area contributed by atoms with Gasteiger partial charge >= 0.3 is 16.2 Å². The number of sulfone groups is 1. The highest BCUT2D eigenvalue weighted by Gasteiger charge is 2.40. The molecule has 0 bridgehead atoms. The largest absolute Gasteiger partial charge is 0.449 e. The molecule has 5 atom stereocenters. The molecule has 1 fully saturated rings. The summed E-state index contributed by atoms with van der Waals surface area (Å²) in [6.07, 6.45) is -0.157. The van der Waals surface area contributed by atoms with Gasteiger partial charge in [0.1, 0.15) is 41.7 Å². The van der Waals surface area contributed by atoms with Crippen molar-refractivity contribution in [1.82, 2.24) is 31.5 Å². The molecule has 0 saturated carbocycles. The van der Waals surface area contributed by atoms with Crippen LogP contribution in [-0.4, -0.2) is 132 Å². The van der Waals surface area contributed by atoms with Crippen molar-refractivity contribution in [2.45, 2.75) is 93.4 Å². The number of carbonyl (C=O) groups is 8. The summed E-state index contributed by atoms with van der Waals surface area (Å²) in [5.41, 5.74) is 9.00. The molecule has 0 spiro atoms. The Morgan fingerprint density at radius 2 is 1.26 bits per heavy atom. The number of benzene rings is 5. The minimum atomic E-state index is -4.77. The average Bonchev–Trinajstić information content (AvgIpc) is 3.77. The lowest BCUT2D eigenvalue weighted by Gasteiger charge is -2.30. The number of ether oxygens (including phenoxy) is 1. The van der Waals surface area contributed by atoms with Crippen LogP contribution in [0.5, 0.6) is 0 Å². The average molecular weight is 1160 g/mol. The van der Waals surface area contributed by atoms with Crippen molar-refractivity contribution in [1.29, 1.82) is 0 Å². The van der Waals surface area contributed by atoms with Crippen LogP contribution in [-0.2, 0) is 57.9 Å². The summed E-state index contributed by atoms with van der Waals surface area (Å²) in [6.45, 7) is 7.37. The molecule has 5 aromatic rings. The van der Waals surface area contributed by atoms with E-state index in [0.29, 0.717) is 6.42 Å². The zero-order chi connectivity index (χ0) is 59.4. The highest BCUT2D eigenvalue weighted by atomic mass is 32.2. The van der Waals surface area contributed by atoms with Crippen LogP contribution in [0.4, 0.5) is 21.9 Å². The molecule has 82 heavy (non-hydrogen) atoms. The second-order valence-electron chi connectivity index (χ2n) is 20.3. The Balaban J connectivity index is 0.825. The monoisotopic (exact) mass is 1160 g/mol. The molecular formula is C57H62N8O15S2. The van der Waals surface area contributed by atoms with Crippen LogP contribution in [0.1, 0.15) is 96.3 Å². The summed E-state index contributed by atoms with van der Waals surface area (Å²) < 4.78 is 63.7. The van der Waals surface area contributed by atoms with E-state index in [1.54, 1.807) is 19.9 Å². The Labute approximate surface area is 473 Å². The zero-order valence-corrected chi connectivity index (χ0v) is 47.2. The van der Waals surface area contributed by atoms with E-state index in [9.17, 15) is 55.2 Å². The van der Waals surface area contributed by atoms with Crippen LogP contribution in [0.2, 0.25) is 0 Å². The van der Waals surface area contributed by atoms with Gasteiger partial charge < -0.3 is 47.3 Å². The maximum atomic E-state index is 13.9. The first-order valence-electron chi connectivity index (χ1n) is 26.3. The van der Waals surface area contributed by atoms with Crippen LogP contribution in [0.25, 0.3) is 11.1 Å². The number of nitrogen functional groups attached to an aromatic ring is 1. The molecule has 432 valence electrons. The molecule has 6 amide bonds. The Morgan fingerprint density at radius 1 is 0.683 bits per heavy atom. The molecule has 5 unspecified atom stereocenters. The van der Waals surface area contributed by atoms with E-state index >= 15 is 0 Å². The van der Waals surface area contributed by atoms with E-state index < -0.39 is 132 Å². The fourth-order valence-corrected chi connectivity index (χ4v) is 12.3. The maximum absolute atomic E-state index is 13.9. The number of hydrogen-bond donors (Lipinski definition) is 7. The molecule has 25 heteroatoms. The Hall–Kier alpha value is -8.52. The number of rotatable bonds is 21. The van der Waals surface area contributed by atoms with E-state index in [0.717, 1.165) is 35.4 Å². The molecule has 8 N–H and O–H groups in total. The molecule has 0 aromatic heterocycles. The molecule has 23 nitrogen and oxygen atoms in total. The lowest BCUT2D eigenvalue weighted by Crippen LogP contribution is -2.58. The van der Waals surface area contributed by atoms with Crippen LogP contribution in [0.15, 0.2) is 113 Å². The Morgan fingerprint density at radius 3 is 1.87 bits per heavy atom. The molecule has 5 aromatic carbocycles. The van der Waals surface area contributed by atoms with Crippen molar-refractivity contribution in [3.8, 4) is 11.1 Å². The first-order valence-corrected chi connectivity index (χ1v) is 29.3. The molecule has 1 saturated heterocycles. The minimum absolute atomic E-state index is 0.0150. The van der Waals surface area contributed by atoms with Gasteiger partial charge in [0, 0.05) is 35.8 Å². The summed E-state index contributed by atoms with van der Waals surface area (Å²) >= 11 is 0. The first kappa shape index (κ1) is 59.6. The van der Waals surface area contributed by atoms with E-state index in [1.165, 1.54) is 68.1 Å². The number of anilines is 3. The van der Waals surface area contributed by atoms with Crippen molar-refractivity contribution < 1.29 is 69.2 Å². The summed E-state index contributed by atoms with van der Waals surface area (Å²) in [6, 6.07) is 22.3. The van der Waals surface area contributed by atoms with Gasteiger partial charge in [-0.25, -0.2) is 18.1 Å². The van der Waals surface area contributed by atoms with Gasteiger partial charge in [-0.1, -0.05) is 92.7 Å². The highest BCUT2D eigenvalue weighted by Crippen LogP contribution is 2.45.